The molecule has 0 saturated carbocycles. The number of anilines is 1. The second kappa shape index (κ2) is 5.19. The molecular weight excluding hydrogens is 256 g/mol. The topological polar surface area (TPSA) is 63.8 Å². The van der Waals surface area contributed by atoms with Gasteiger partial charge >= 0.3 is 0 Å². The standard InChI is InChI=1S/C14H16N4S/c1-9-2-4-10(5-3-9)6-13-16-12-8-19-7-11(12)14(17-13)18-15/h2-5H,6-8,15H2,1H3,(H,16,17,18). The molecule has 1 aliphatic rings. The Labute approximate surface area is 116 Å². The average Bonchev–Trinajstić information content (AvgIpc) is 2.89. The second-order valence-corrected chi connectivity index (χ2v) is 5.70. The van der Waals surface area contributed by atoms with Crippen LogP contribution in [0.2, 0.25) is 0 Å². The predicted molar refractivity (Wildman–Crippen MR) is 78.8 cm³/mol. The summed E-state index contributed by atoms with van der Waals surface area (Å²) in [6.45, 7) is 2.09. The van der Waals surface area contributed by atoms with Gasteiger partial charge < -0.3 is 5.43 Å². The maximum absolute atomic E-state index is 5.56. The molecule has 2 aromatic rings. The van der Waals surface area contributed by atoms with E-state index in [1.807, 2.05) is 11.8 Å². The summed E-state index contributed by atoms with van der Waals surface area (Å²) in [5, 5.41) is 0. The highest BCUT2D eigenvalue weighted by Crippen LogP contribution is 2.32. The van der Waals surface area contributed by atoms with E-state index >= 15 is 0 Å². The van der Waals surface area contributed by atoms with E-state index < -0.39 is 0 Å². The Morgan fingerprint density at radius 1 is 1.21 bits per heavy atom. The summed E-state index contributed by atoms with van der Waals surface area (Å²) in [7, 11) is 0. The zero-order valence-electron chi connectivity index (χ0n) is 10.8. The number of rotatable bonds is 3. The molecule has 2 heterocycles. The van der Waals surface area contributed by atoms with Gasteiger partial charge in [0.2, 0.25) is 0 Å². The number of hydrogen-bond donors (Lipinski definition) is 2. The molecule has 0 aliphatic carbocycles. The summed E-state index contributed by atoms with van der Waals surface area (Å²) in [4.78, 5) is 9.17. The minimum absolute atomic E-state index is 0.743. The summed E-state index contributed by atoms with van der Waals surface area (Å²) in [5.74, 6) is 9.06. The van der Waals surface area contributed by atoms with Gasteiger partial charge in [-0.05, 0) is 12.5 Å². The van der Waals surface area contributed by atoms with Crippen molar-refractivity contribution in [3.8, 4) is 0 Å². The molecule has 3 rings (SSSR count). The fraction of sp³-hybridized carbons (Fsp3) is 0.286. The van der Waals surface area contributed by atoms with Crippen molar-refractivity contribution < 1.29 is 0 Å². The largest absolute Gasteiger partial charge is 0.308 e. The molecule has 98 valence electrons. The lowest BCUT2D eigenvalue weighted by atomic mass is 10.1. The number of fused-ring (bicyclic) bond motifs is 1. The first-order chi connectivity index (χ1) is 9.26. The van der Waals surface area contributed by atoms with Crippen molar-refractivity contribution in [3.63, 3.8) is 0 Å². The molecule has 0 spiro atoms. The Morgan fingerprint density at radius 2 is 2.00 bits per heavy atom. The number of nitrogen functional groups attached to an aromatic ring is 1. The van der Waals surface area contributed by atoms with E-state index in [0.717, 1.165) is 40.8 Å². The molecule has 19 heavy (non-hydrogen) atoms. The molecule has 5 heteroatoms. The zero-order chi connectivity index (χ0) is 13.2. The highest BCUT2D eigenvalue weighted by atomic mass is 32.2. The van der Waals surface area contributed by atoms with E-state index in [2.05, 4.69) is 46.6 Å². The average molecular weight is 272 g/mol. The van der Waals surface area contributed by atoms with Gasteiger partial charge in [-0.3, -0.25) is 0 Å². The maximum atomic E-state index is 5.56. The minimum Gasteiger partial charge on any atom is -0.308 e. The molecule has 0 bridgehead atoms. The molecule has 0 fully saturated rings. The third kappa shape index (κ3) is 2.57. The molecule has 0 radical (unpaired) electrons. The van der Waals surface area contributed by atoms with E-state index in [-0.39, 0.29) is 0 Å². The molecule has 0 atom stereocenters. The van der Waals surface area contributed by atoms with Crippen LogP contribution in [0.1, 0.15) is 28.2 Å². The van der Waals surface area contributed by atoms with Crippen LogP contribution < -0.4 is 11.3 Å². The number of nitrogens with one attached hydrogen (secondary N) is 1. The molecule has 0 saturated heterocycles. The smallest absolute Gasteiger partial charge is 0.148 e. The molecule has 3 N–H and O–H groups in total. The number of aryl methyl sites for hydroxylation is 1. The van der Waals surface area contributed by atoms with Gasteiger partial charge in [0.25, 0.3) is 0 Å². The van der Waals surface area contributed by atoms with Gasteiger partial charge in [-0.1, -0.05) is 29.8 Å². The number of hydrazine groups is 1. The van der Waals surface area contributed by atoms with E-state index in [0.29, 0.717) is 0 Å². The first-order valence-corrected chi connectivity index (χ1v) is 7.40. The van der Waals surface area contributed by atoms with Crippen LogP contribution in [0, 0.1) is 6.92 Å². The SMILES string of the molecule is Cc1ccc(Cc2nc3c(c(NN)n2)CSC3)cc1. The van der Waals surface area contributed by atoms with Gasteiger partial charge in [-0.25, -0.2) is 15.8 Å². The Balaban J connectivity index is 1.91. The van der Waals surface area contributed by atoms with E-state index in [1.165, 1.54) is 11.1 Å². The third-order valence-electron chi connectivity index (χ3n) is 3.24. The maximum Gasteiger partial charge on any atom is 0.148 e. The fourth-order valence-corrected chi connectivity index (χ4v) is 3.23. The van der Waals surface area contributed by atoms with Gasteiger partial charge in [0, 0.05) is 23.5 Å². The third-order valence-corrected chi connectivity index (χ3v) is 4.21. The van der Waals surface area contributed by atoms with Crippen LogP contribution >= 0.6 is 11.8 Å². The van der Waals surface area contributed by atoms with Crippen LogP contribution in [0.15, 0.2) is 24.3 Å². The van der Waals surface area contributed by atoms with Crippen molar-refractivity contribution in [2.45, 2.75) is 24.9 Å². The number of thioether (sulfide) groups is 1. The van der Waals surface area contributed by atoms with E-state index in [4.69, 9.17) is 5.84 Å². The van der Waals surface area contributed by atoms with Crippen molar-refractivity contribution >= 4 is 17.6 Å². The lowest BCUT2D eigenvalue weighted by Gasteiger charge is -2.09. The quantitative estimate of drug-likeness (QED) is 0.663. The van der Waals surface area contributed by atoms with Crippen LogP contribution in [0.5, 0.6) is 0 Å². The van der Waals surface area contributed by atoms with Crippen LogP contribution in [-0.4, -0.2) is 9.97 Å². The zero-order valence-corrected chi connectivity index (χ0v) is 11.6. The number of benzene rings is 1. The van der Waals surface area contributed by atoms with Crippen molar-refractivity contribution in [2.75, 3.05) is 5.43 Å². The van der Waals surface area contributed by atoms with Crippen LogP contribution in [-0.2, 0) is 17.9 Å². The van der Waals surface area contributed by atoms with Crippen molar-refractivity contribution in [3.05, 3.63) is 52.5 Å². The highest BCUT2D eigenvalue weighted by molar-refractivity contribution is 7.98. The van der Waals surface area contributed by atoms with E-state index in [9.17, 15) is 0 Å². The van der Waals surface area contributed by atoms with Gasteiger partial charge in [0.15, 0.2) is 0 Å². The van der Waals surface area contributed by atoms with Crippen LogP contribution in [0.4, 0.5) is 5.82 Å². The Kier molecular flexibility index (Phi) is 3.40. The van der Waals surface area contributed by atoms with Crippen LogP contribution in [0.25, 0.3) is 0 Å². The van der Waals surface area contributed by atoms with E-state index in [1.54, 1.807) is 0 Å². The summed E-state index contributed by atoms with van der Waals surface area (Å²) in [6, 6.07) is 8.47. The molecule has 1 aliphatic heterocycles. The summed E-state index contributed by atoms with van der Waals surface area (Å²) < 4.78 is 0. The fourth-order valence-electron chi connectivity index (χ4n) is 2.19. The Hall–Kier alpha value is -1.59. The summed E-state index contributed by atoms with van der Waals surface area (Å²) in [5.41, 5.74) is 7.46. The van der Waals surface area contributed by atoms with Gasteiger partial charge in [-0.15, -0.1) is 0 Å². The first kappa shape index (κ1) is 12.4. The summed E-state index contributed by atoms with van der Waals surface area (Å²) in [6.07, 6.45) is 0.743. The second-order valence-electron chi connectivity index (χ2n) is 4.71. The number of hydrogen-bond acceptors (Lipinski definition) is 5. The minimum atomic E-state index is 0.743. The Morgan fingerprint density at radius 3 is 2.74 bits per heavy atom. The normalized spacial score (nSPS) is 13.4. The first-order valence-electron chi connectivity index (χ1n) is 6.25. The lowest BCUT2D eigenvalue weighted by molar-refractivity contribution is 0.925. The van der Waals surface area contributed by atoms with Gasteiger partial charge in [0.1, 0.15) is 11.6 Å². The van der Waals surface area contributed by atoms with Crippen molar-refractivity contribution in [2.24, 2.45) is 5.84 Å². The molecule has 0 unspecified atom stereocenters. The van der Waals surface area contributed by atoms with Crippen LogP contribution in [0.3, 0.4) is 0 Å². The number of nitrogens with zero attached hydrogens (tertiary/aromatic N) is 2. The molecule has 0 amide bonds. The molecule has 1 aromatic carbocycles. The van der Waals surface area contributed by atoms with Gasteiger partial charge in [0.05, 0.1) is 5.69 Å². The van der Waals surface area contributed by atoms with Gasteiger partial charge in [-0.2, -0.15) is 11.8 Å². The van der Waals surface area contributed by atoms with Crippen molar-refractivity contribution in [1.82, 2.24) is 9.97 Å². The molecule has 1 aromatic heterocycles. The lowest BCUT2D eigenvalue weighted by Crippen LogP contribution is -2.14. The monoisotopic (exact) mass is 272 g/mol. The predicted octanol–water partition coefficient (Wildman–Crippen LogP) is 2.41. The number of nitrogens with two attached hydrogens (primary N) is 1. The summed E-state index contributed by atoms with van der Waals surface area (Å²) >= 11 is 1.85. The molecular formula is C14H16N4S. The Bertz CT molecular complexity index is 595. The highest BCUT2D eigenvalue weighted by Gasteiger charge is 2.19. The van der Waals surface area contributed by atoms with Crippen molar-refractivity contribution in [1.29, 1.82) is 0 Å². The number of aromatic nitrogens is 2. The molecule has 4 nitrogen and oxygen atoms in total.